The van der Waals surface area contributed by atoms with Crippen molar-refractivity contribution < 1.29 is 0 Å². The predicted octanol–water partition coefficient (Wildman–Crippen LogP) is 5.09. The second-order valence-electron chi connectivity index (χ2n) is 4.73. The molecule has 1 nitrogen and oxygen atoms in total. The summed E-state index contributed by atoms with van der Waals surface area (Å²) in [7, 11) is 0. The fraction of sp³-hybridized carbons (Fsp3) is 0.625. The van der Waals surface area contributed by atoms with Gasteiger partial charge in [0.2, 0.25) is 0 Å². The molecule has 0 aromatic rings. The molecule has 0 amide bonds. The van der Waals surface area contributed by atoms with Gasteiger partial charge in [-0.3, -0.25) is 5.32 Å². The first-order valence-corrected chi connectivity index (χ1v) is 7.17. The molecule has 1 heterocycles. The van der Waals surface area contributed by atoms with E-state index in [1.54, 1.807) is 0 Å². The van der Waals surface area contributed by atoms with Crippen LogP contribution >= 0.6 is 0 Å². The number of rotatable bonds is 10. The first-order chi connectivity index (χ1) is 8.43. The van der Waals surface area contributed by atoms with Gasteiger partial charge >= 0.3 is 0 Å². The number of unbranched alkanes of at least 4 members (excludes halogenated alkanes) is 8. The molecule has 0 aliphatic carbocycles. The van der Waals surface area contributed by atoms with Crippen LogP contribution in [0, 0.1) is 0 Å². The number of allylic oxidation sites excluding steroid dienone is 4. The van der Waals surface area contributed by atoms with Gasteiger partial charge in [0.1, 0.15) is 0 Å². The highest BCUT2D eigenvalue weighted by Gasteiger charge is 1.93. The Morgan fingerprint density at radius 1 is 1.00 bits per heavy atom. The van der Waals surface area contributed by atoms with E-state index >= 15 is 0 Å². The quantitative estimate of drug-likeness (QED) is 0.466. The van der Waals surface area contributed by atoms with E-state index in [0.717, 1.165) is 5.70 Å². The molecule has 0 fully saturated rings. The van der Waals surface area contributed by atoms with Crippen LogP contribution in [0.2, 0.25) is 0 Å². The Kier molecular flexibility index (Phi) is 8.44. The van der Waals surface area contributed by atoms with Gasteiger partial charge in [-0.25, -0.2) is 0 Å². The maximum Gasteiger partial charge on any atom is 0.0626 e. The van der Waals surface area contributed by atoms with Crippen molar-refractivity contribution in [1.29, 1.82) is 0 Å². The molecule has 1 aliphatic heterocycles. The zero-order valence-electron chi connectivity index (χ0n) is 11.2. The highest BCUT2D eigenvalue weighted by Crippen LogP contribution is 2.10. The molecule has 95 valence electrons. The van der Waals surface area contributed by atoms with Crippen LogP contribution in [0.15, 0.2) is 36.2 Å². The molecule has 17 heavy (non-hydrogen) atoms. The van der Waals surface area contributed by atoms with Crippen LogP contribution < -0.4 is 5.32 Å². The van der Waals surface area contributed by atoms with Crippen molar-refractivity contribution >= 4 is 0 Å². The number of hydrogen-bond acceptors (Lipinski definition) is 0. The van der Waals surface area contributed by atoms with Crippen LogP contribution in [0.25, 0.3) is 0 Å². The van der Waals surface area contributed by atoms with Gasteiger partial charge in [0, 0.05) is 6.20 Å². The zero-order chi connectivity index (χ0) is 12.2. The lowest BCUT2D eigenvalue weighted by Crippen LogP contribution is -1.86. The summed E-state index contributed by atoms with van der Waals surface area (Å²) < 4.78 is 0. The van der Waals surface area contributed by atoms with Gasteiger partial charge in [-0.05, 0) is 31.1 Å². The van der Waals surface area contributed by atoms with Crippen LogP contribution in [0.1, 0.15) is 64.7 Å². The predicted molar refractivity (Wildman–Crippen MR) is 75.7 cm³/mol. The summed E-state index contributed by atoms with van der Waals surface area (Å²) in [5.74, 6) is 0. The molecule has 0 spiro atoms. The van der Waals surface area contributed by atoms with Crippen molar-refractivity contribution in [2.75, 3.05) is 0 Å². The Labute approximate surface area is 107 Å². The van der Waals surface area contributed by atoms with E-state index in [9.17, 15) is 0 Å². The summed E-state index contributed by atoms with van der Waals surface area (Å²) in [5.41, 5.74) is 1.09. The van der Waals surface area contributed by atoms with Gasteiger partial charge < -0.3 is 0 Å². The van der Waals surface area contributed by atoms with Crippen LogP contribution in [-0.4, -0.2) is 0 Å². The van der Waals surface area contributed by atoms with Crippen molar-refractivity contribution in [1.82, 2.24) is 5.32 Å². The maximum atomic E-state index is 4.21. The first kappa shape index (κ1) is 14.1. The van der Waals surface area contributed by atoms with Crippen LogP contribution in [0.5, 0.6) is 0 Å². The summed E-state index contributed by atoms with van der Waals surface area (Å²) in [4.78, 5) is 0. The number of hydrogen-bond donors (Lipinski definition) is 0. The van der Waals surface area contributed by atoms with E-state index < -0.39 is 0 Å². The summed E-state index contributed by atoms with van der Waals surface area (Å²) >= 11 is 0. The van der Waals surface area contributed by atoms with E-state index in [1.807, 2.05) is 18.4 Å². The largest absolute Gasteiger partial charge is 0.257 e. The molecule has 0 saturated carbocycles. The molecule has 1 radical (unpaired) electrons. The lowest BCUT2D eigenvalue weighted by Gasteiger charge is -1.99. The van der Waals surface area contributed by atoms with Crippen LogP contribution in [-0.2, 0) is 0 Å². The molecule has 0 aromatic heterocycles. The summed E-state index contributed by atoms with van der Waals surface area (Å²) in [6.07, 6.45) is 22.6. The molecular formula is C16H26N. The van der Waals surface area contributed by atoms with Crippen molar-refractivity contribution in [3.8, 4) is 0 Å². The molecular weight excluding hydrogens is 206 g/mol. The molecule has 0 unspecified atom stereocenters. The van der Waals surface area contributed by atoms with E-state index in [4.69, 9.17) is 0 Å². The Morgan fingerprint density at radius 2 is 1.71 bits per heavy atom. The minimum Gasteiger partial charge on any atom is -0.257 e. The van der Waals surface area contributed by atoms with Crippen molar-refractivity contribution in [2.45, 2.75) is 64.7 Å². The minimum atomic E-state index is 1.09. The van der Waals surface area contributed by atoms with E-state index in [-0.39, 0.29) is 0 Å². The Bertz CT molecular complexity index is 261. The number of nitrogens with zero attached hydrogens (tertiary/aromatic N) is 1. The fourth-order valence-corrected chi connectivity index (χ4v) is 2.01. The third kappa shape index (κ3) is 7.84. The molecule has 0 aromatic carbocycles. The zero-order valence-corrected chi connectivity index (χ0v) is 11.2. The van der Waals surface area contributed by atoms with E-state index in [1.165, 1.54) is 57.8 Å². The summed E-state index contributed by atoms with van der Waals surface area (Å²) in [5, 5.41) is 4.21. The Hall–Kier alpha value is -0.980. The molecule has 0 atom stereocenters. The third-order valence-electron chi connectivity index (χ3n) is 3.09. The normalized spacial score (nSPS) is 14.3. The lowest BCUT2D eigenvalue weighted by atomic mass is 10.1. The molecule has 1 heteroatoms. The highest BCUT2D eigenvalue weighted by atomic mass is 14.9. The highest BCUT2D eigenvalue weighted by molar-refractivity contribution is 5.28. The maximum absolute atomic E-state index is 4.21. The molecule has 1 aliphatic rings. The van der Waals surface area contributed by atoms with Crippen molar-refractivity contribution in [3.63, 3.8) is 0 Å². The smallest absolute Gasteiger partial charge is 0.0626 e. The van der Waals surface area contributed by atoms with E-state index in [0.29, 0.717) is 0 Å². The minimum absolute atomic E-state index is 1.09. The van der Waals surface area contributed by atoms with Crippen molar-refractivity contribution in [3.05, 3.63) is 36.2 Å². The Morgan fingerprint density at radius 3 is 2.35 bits per heavy atom. The van der Waals surface area contributed by atoms with Crippen molar-refractivity contribution in [2.24, 2.45) is 0 Å². The topological polar surface area (TPSA) is 14.1 Å². The second kappa shape index (κ2) is 10.2. The van der Waals surface area contributed by atoms with Gasteiger partial charge in [-0.2, -0.15) is 0 Å². The van der Waals surface area contributed by atoms with Gasteiger partial charge in [-0.15, -0.1) is 0 Å². The SMILES string of the molecule is CCCCCCCCCCC=CC1=CC=C[N]1. The molecule has 0 saturated heterocycles. The van der Waals surface area contributed by atoms with Crippen LogP contribution in [0.3, 0.4) is 0 Å². The van der Waals surface area contributed by atoms with Gasteiger partial charge in [-0.1, -0.05) is 57.9 Å². The summed E-state index contributed by atoms with van der Waals surface area (Å²) in [6.45, 7) is 2.27. The molecule has 0 N–H and O–H groups in total. The monoisotopic (exact) mass is 232 g/mol. The Balaban J connectivity index is 1.81. The standard InChI is InChI=1S/C16H26N/c1-2-3-4-5-6-7-8-9-10-11-13-16-14-12-15-17-16/h11-15H,2-10H2,1H3. The third-order valence-corrected chi connectivity index (χ3v) is 3.09. The van der Waals surface area contributed by atoms with E-state index in [2.05, 4.69) is 24.4 Å². The average molecular weight is 232 g/mol. The lowest BCUT2D eigenvalue weighted by molar-refractivity contribution is 0.577. The fourth-order valence-electron chi connectivity index (χ4n) is 2.01. The molecule has 0 bridgehead atoms. The average Bonchev–Trinajstić information content (AvgIpc) is 2.85. The summed E-state index contributed by atoms with van der Waals surface area (Å²) in [6, 6.07) is 0. The first-order valence-electron chi connectivity index (χ1n) is 7.17. The second-order valence-corrected chi connectivity index (χ2v) is 4.73. The van der Waals surface area contributed by atoms with Crippen LogP contribution in [0.4, 0.5) is 0 Å². The van der Waals surface area contributed by atoms with Gasteiger partial charge in [0.25, 0.3) is 0 Å². The molecule has 1 rings (SSSR count). The van der Waals surface area contributed by atoms with Gasteiger partial charge in [0.15, 0.2) is 0 Å². The van der Waals surface area contributed by atoms with Gasteiger partial charge in [0.05, 0.1) is 5.70 Å².